The zero-order valence-corrected chi connectivity index (χ0v) is 20.1. The van der Waals surface area contributed by atoms with Gasteiger partial charge >= 0.3 is 0 Å². The first-order valence-electron chi connectivity index (χ1n) is 10.6. The van der Waals surface area contributed by atoms with Gasteiger partial charge in [0.1, 0.15) is 5.76 Å². The molecule has 0 unspecified atom stereocenters. The minimum Gasteiger partial charge on any atom is -0.468 e. The zero-order valence-electron chi connectivity index (χ0n) is 17.8. The molecule has 0 spiro atoms. The summed E-state index contributed by atoms with van der Waals surface area (Å²) in [6, 6.07) is 9.19. The van der Waals surface area contributed by atoms with E-state index in [-0.39, 0.29) is 17.7 Å². The fourth-order valence-electron chi connectivity index (χ4n) is 3.89. The van der Waals surface area contributed by atoms with Gasteiger partial charge in [0.25, 0.3) is 0 Å². The Labute approximate surface area is 201 Å². The molecule has 1 N–H and O–H groups in total. The summed E-state index contributed by atoms with van der Waals surface area (Å²) in [7, 11) is 0. The number of furan rings is 1. The second kappa shape index (κ2) is 10.7. The summed E-state index contributed by atoms with van der Waals surface area (Å²) in [5.74, 6) is 1.73. The van der Waals surface area contributed by atoms with Crippen molar-refractivity contribution in [3.8, 4) is 11.4 Å². The predicted octanol–water partition coefficient (Wildman–Crippen LogP) is 4.91. The molecule has 10 heteroatoms. The Morgan fingerprint density at radius 2 is 2.06 bits per heavy atom. The third-order valence-corrected chi connectivity index (χ3v) is 7.00. The quantitative estimate of drug-likeness (QED) is 0.426. The fourth-order valence-corrected chi connectivity index (χ4v) is 5.21. The van der Waals surface area contributed by atoms with E-state index < -0.39 is 0 Å². The van der Waals surface area contributed by atoms with Gasteiger partial charge < -0.3 is 14.3 Å². The lowest BCUT2D eigenvalue weighted by molar-refractivity contribution is -0.118. The average molecular weight is 494 g/mol. The molecule has 3 aromatic rings. The van der Waals surface area contributed by atoms with Gasteiger partial charge in [-0.1, -0.05) is 35.0 Å². The van der Waals surface area contributed by atoms with Crippen LogP contribution in [0.2, 0.25) is 10.0 Å². The molecule has 4 rings (SSSR count). The maximum absolute atomic E-state index is 12.6. The van der Waals surface area contributed by atoms with Crippen LogP contribution in [0.5, 0.6) is 0 Å². The maximum atomic E-state index is 12.6. The molecule has 1 atom stereocenters. The van der Waals surface area contributed by atoms with Crippen LogP contribution in [0.3, 0.4) is 0 Å². The van der Waals surface area contributed by atoms with E-state index in [1.165, 1.54) is 24.6 Å². The molecule has 0 saturated carbocycles. The first-order valence-corrected chi connectivity index (χ1v) is 12.4. The van der Waals surface area contributed by atoms with Crippen molar-refractivity contribution in [3.05, 3.63) is 52.4 Å². The molecule has 3 heterocycles. The number of likely N-dealkylation sites (tertiary alicyclic amines) is 1. The van der Waals surface area contributed by atoms with E-state index in [0.29, 0.717) is 34.1 Å². The third-order valence-electron chi connectivity index (χ3n) is 5.48. The normalized spacial score (nSPS) is 15.2. The van der Waals surface area contributed by atoms with E-state index in [9.17, 15) is 4.79 Å². The second-order valence-corrected chi connectivity index (χ2v) is 9.33. The van der Waals surface area contributed by atoms with E-state index >= 15 is 0 Å². The van der Waals surface area contributed by atoms with Crippen LogP contribution in [0, 0.1) is 0 Å². The first kappa shape index (κ1) is 23.2. The van der Waals surface area contributed by atoms with Crippen molar-refractivity contribution in [1.82, 2.24) is 25.0 Å². The molecule has 7 nitrogen and oxygen atoms in total. The number of benzene rings is 1. The molecule has 170 valence electrons. The molecule has 1 aromatic carbocycles. The summed E-state index contributed by atoms with van der Waals surface area (Å²) in [5.41, 5.74) is 0.758. The van der Waals surface area contributed by atoms with Gasteiger partial charge in [-0.25, -0.2) is 0 Å². The Morgan fingerprint density at radius 3 is 2.75 bits per heavy atom. The Kier molecular flexibility index (Phi) is 7.78. The number of halogens is 2. The van der Waals surface area contributed by atoms with Gasteiger partial charge in [0.15, 0.2) is 11.0 Å². The fraction of sp³-hybridized carbons (Fsp3) is 0.409. The molecule has 1 aliphatic rings. The van der Waals surface area contributed by atoms with Gasteiger partial charge in [0.05, 0.1) is 23.1 Å². The summed E-state index contributed by atoms with van der Waals surface area (Å²) in [5, 5.41) is 13.4. The Hall–Kier alpha value is -2.00. The molecular formula is C22H25Cl2N5O2S. The van der Waals surface area contributed by atoms with Crippen LogP contribution in [0.15, 0.2) is 46.2 Å². The average Bonchev–Trinajstić information content (AvgIpc) is 3.54. The second-order valence-electron chi connectivity index (χ2n) is 7.54. The highest BCUT2D eigenvalue weighted by Crippen LogP contribution is 2.31. The number of aromatic nitrogens is 3. The molecule has 1 aliphatic heterocycles. The van der Waals surface area contributed by atoms with Gasteiger partial charge in [0.2, 0.25) is 5.91 Å². The van der Waals surface area contributed by atoms with Gasteiger partial charge in [-0.2, -0.15) is 0 Å². The van der Waals surface area contributed by atoms with Crippen LogP contribution in [0.1, 0.15) is 31.6 Å². The van der Waals surface area contributed by atoms with Gasteiger partial charge in [-0.3, -0.25) is 9.69 Å². The Bertz CT molecular complexity index is 1050. The van der Waals surface area contributed by atoms with Crippen molar-refractivity contribution in [3.63, 3.8) is 0 Å². The lowest BCUT2D eigenvalue weighted by atomic mass is 10.2. The van der Waals surface area contributed by atoms with Crippen LogP contribution in [0.4, 0.5) is 0 Å². The number of hydrogen-bond donors (Lipinski definition) is 1. The minimum atomic E-state index is -0.0533. The van der Waals surface area contributed by atoms with Crippen LogP contribution >= 0.6 is 35.0 Å². The van der Waals surface area contributed by atoms with E-state index in [4.69, 9.17) is 27.6 Å². The summed E-state index contributed by atoms with van der Waals surface area (Å²) >= 11 is 13.7. The van der Waals surface area contributed by atoms with E-state index in [1.54, 1.807) is 18.4 Å². The van der Waals surface area contributed by atoms with Crippen LogP contribution in [0.25, 0.3) is 11.4 Å². The number of rotatable bonds is 9. The standard InChI is InChI=1S/C22H25Cl2N5O2S/c1-2-29-21(16-8-7-15(23)12-17(16)24)26-27-22(29)32-14-20(30)25-13-18(19-6-5-11-31-19)28-9-3-4-10-28/h5-8,11-12,18H,2-4,9-10,13-14H2,1H3,(H,25,30)/t18-/m1/s1. The SMILES string of the molecule is CCn1c(SCC(=O)NC[C@H](c2ccco2)N2CCCC2)nnc1-c1ccc(Cl)cc1Cl. The first-order chi connectivity index (χ1) is 15.6. The maximum Gasteiger partial charge on any atom is 0.230 e. The van der Waals surface area contributed by atoms with E-state index in [1.807, 2.05) is 29.7 Å². The van der Waals surface area contributed by atoms with Crippen molar-refractivity contribution in [1.29, 1.82) is 0 Å². The highest BCUT2D eigenvalue weighted by Gasteiger charge is 2.26. The molecular weight excluding hydrogens is 469 g/mol. The number of carbonyl (C=O) groups is 1. The van der Waals surface area contributed by atoms with Crippen LogP contribution < -0.4 is 5.32 Å². The number of thioether (sulfide) groups is 1. The Balaban J connectivity index is 1.38. The largest absolute Gasteiger partial charge is 0.468 e. The number of amides is 1. The molecule has 1 amide bonds. The highest BCUT2D eigenvalue weighted by molar-refractivity contribution is 7.99. The minimum absolute atomic E-state index is 0.0533. The van der Waals surface area contributed by atoms with Crippen LogP contribution in [-0.2, 0) is 11.3 Å². The van der Waals surface area contributed by atoms with Crippen molar-refractivity contribution in [2.45, 2.75) is 37.5 Å². The van der Waals surface area contributed by atoms with Crippen molar-refractivity contribution in [2.24, 2.45) is 0 Å². The highest BCUT2D eigenvalue weighted by atomic mass is 35.5. The lowest BCUT2D eigenvalue weighted by Crippen LogP contribution is -2.37. The summed E-state index contributed by atoms with van der Waals surface area (Å²) < 4.78 is 7.57. The lowest BCUT2D eigenvalue weighted by Gasteiger charge is -2.25. The van der Waals surface area contributed by atoms with E-state index in [2.05, 4.69) is 20.4 Å². The summed E-state index contributed by atoms with van der Waals surface area (Å²) in [6.07, 6.45) is 4.03. The third kappa shape index (κ3) is 5.31. The van der Waals surface area contributed by atoms with Gasteiger partial charge in [0, 0.05) is 23.7 Å². The molecule has 2 aromatic heterocycles. The molecule has 0 radical (unpaired) electrons. The smallest absolute Gasteiger partial charge is 0.230 e. The predicted molar refractivity (Wildman–Crippen MR) is 127 cm³/mol. The zero-order chi connectivity index (χ0) is 22.5. The molecule has 0 bridgehead atoms. The van der Waals surface area contributed by atoms with Crippen molar-refractivity contribution >= 4 is 40.9 Å². The number of nitrogens with one attached hydrogen (secondary N) is 1. The number of hydrogen-bond acceptors (Lipinski definition) is 6. The van der Waals surface area contributed by atoms with E-state index in [0.717, 1.165) is 24.4 Å². The molecule has 32 heavy (non-hydrogen) atoms. The topological polar surface area (TPSA) is 76.2 Å². The molecule has 1 saturated heterocycles. The van der Waals surface area contributed by atoms with Crippen LogP contribution in [-0.4, -0.2) is 51.0 Å². The monoisotopic (exact) mass is 493 g/mol. The van der Waals surface area contributed by atoms with Crippen molar-refractivity contribution in [2.75, 3.05) is 25.4 Å². The summed E-state index contributed by atoms with van der Waals surface area (Å²) in [6.45, 7) is 5.21. The van der Waals surface area contributed by atoms with Gasteiger partial charge in [-0.05, 0) is 63.2 Å². The molecule has 0 aliphatic carbocycles. The van der Waals surface area contributed by atoms with Gasteiger partial charge in [-0.15, -0.1) is 10.2 Å². The van der Waals surface area contributed by atoms with Crippen molar-refractivity contribution < 1.29 is 9.21 Å². The Morgan fingerprint density at radius 1 is 1.25 bits per heavy atom. The molecule has 1 fully saturated rings. The number of carbonyl (C=O) groups excluding carboxylic acids is 1. The number of nitrogens with zero attached hydrogens (tertiary/aromatic N) is 4. The summed E-state index contributed by atoms with van der Waals surface area (Å²) in [4.78, 5) is 15.0.